The Kier molecular flexibility index (Phi) is 6.27. The monoisotopic (exact) mass is 197 g/mol. The van der Waals surface area contributed by atoms with Crippen molar-refractivity contribution in [1.82, 2.24) is 0 Å². The molecule has 0 radical (unpaired) electrons. The maximum absolute atomic E-state index is 10.4. The van der Waals surface area contributed by atoms with E-state index in [2.05, 4.69) is 0 Å². The smallest absolute Gasteiger partial charge is 0.209 e. The van der Waals surface area contributed by atoms with Gasteiger partial charge in [0.25, 0.3) is 0 Å². The van der Waals surface area contributed by atoms with Crippen LogP contribution in [0.1, 0.15) is 6.42 Å². The molecule has 0 aromatic rings. The van der Waals surface area contributed by atoms with Crippen LogP contribution in [-0.4, -0.2) is 41.1 Å². The van der Waals surface area contributed by atoms with Gasteiger partial charge in [-0.2, -0.15) is 0 Å². The predicted octanol–water partition coefficient (Wildman–Crippen LogP) is -0.672. The van der Waals surface area contributed by atoms with Crippen LogP contribution in [0.5, 0.6) is 0 Å². The van der Waals surface area contributed by atoms with Crippen LogP contribution in [0.3, 0.4) is 0 Å². The Morgan fingerprint density at radius 3 is 2.42 bits per heavy atom. The summed E-state index contributed by atoms with van der Waals surface area (Å²) in [5.74, 6) is -0.0278. The van der Waals surface area contributed by atoms with Crippen LogP contribution in [-0.2, 0) is 19.5 Å². The van der Waals surface area contributed by atoms with Crippen molar-refractivity contribution >= 4 is 10.0 Å². The fourth-order valence-electron chi connectivity index (χ4n) is 0.606. The second kappa shape index (κ2) is 6.36. The number of rotatable bonds is 7. The van der Waals surface area contributed by atoms with Gasteiger partial charge < -0.3 is 9.47 Å². The average molecular weight is 197 g/mol. The van der Waals surface area contributed by atoms with E-state index in [9.17, 15) is 8.42 Å². The fourth-order valence-corrected chi connectivity index (χ4v) is 1.13. The summed E-state index contributed by atoms with van der Waals surface area (Å²) in [6.07, 6.45) is 0.433. The van der Waals surface area contributed by atoms with Gasteiger partial charge in [0.1, 0.15) is 0 Å². The van der Waals surface area contributed by atoms with E-state index in [1.807, 2.05) is 0 Å². The first-order chi connectivity index (χ1) is 5.56. The van der Waals surface area contributed by atoms with Crippen LogP contribution >= 0.6 is 0 Å². The van der Waals surface area contributed by atoms with Crippen LogP contribution < -0.4 is 5.14 Å². The van der Waals surface area contributed by atoms with Crippen molar-refractivity contribution < 1.29 is 17.9 Å². The van der Waals surface area contributed by atoms with Crippen molar-refractivity contribution in [2.45, 2.75) is 6.42 Å². The maximum atomic E-state index is 10.4. The Hall–Kier alpha value is -0.170. The first-order valence-electron chi connectivity index (χ1n) is 3.63. The number of nitrogens with two attached hydrogens (primary N) is 1. The number of hydrogen-bond acceptors (Lipinski definition) is 4. The Morgan fingerprint density at radius 2 is 1.92 bits per heavy atom. The van der Waals surface area contributed by atoms with E-state index in [0.717, 1.165) is 0 Å². The van der Waals surface area contributed by atoms with Gasteiger partial charge in [-0.15, -0.1) is 0 Å². The zero-order valence-corrected chi connectivity index (χ0v) is 7.97. The second-order valence-corrected chi connectivity index (χ2v) is 4.06. The van der Waals surface area contributed by atoms with Gasteiger partial charge in [0.15, 0.2) is 0 Å². The third kappa shape index (κ3) is 9.83. The SMILES string of the molecule is COCCOCCCS(N)(=O)=O. The first kappa shape index (κ1) is 11.8. The summed E-state index contributed by atoms with van der Waals surface area (Å²) in [4.78, 5) is 0. The molecule has 0 atom stereocenters. The molecule has 0 heterocycles. The number of hydrogen-bond donors (Lipinski definition) is 1. The number of ether oxygens (including phenoxy) is 2. The third-order valence-electron chi connectivity index (χ3n) is 1.15. The Morgan fingerprint density at radius 1 is 1.25 bits per heavy atom. The maximum Gasteiger partial charge on any atom is 0.209 e. The molecule has 0 saturated heterocycles. The molecular formula is C6H15NO4S. The van der Waals surface area contributed by atoms with Crippen molar-refractivity contribution in [3.63, 3.8) is 0 Å². The summed E-state index contributed by atoms with van der Waals surface area (Å²) in [7, 11) is -1.75. The summed E-state index contributed by atoms with van der Waals surface area (Å²) < 4.78 is 30.6. The van der Waals surface area contributed by atoms with Crippen molar-refractivity contribution in [2.75, 3.05) is 32.7 Å². The summed E-state index contributed by atoms with van der Waals surface area (Å²) >= 11 is 0. The summed E-state index contributed by atoms with van der Waals surface area (Å²) in [5, 5.41) is 4.77. The van der Waals surface area contributed by atoms with Gasteiger partial charge in [-0.05, 0) is 6.42 Å². The molecule has 74 valence electrons. The lowest BCUT2D eigenvalue weighted by molar-refractivity contribution is 0.0712. The van der Waals surface area contributed by atoms with Crippen molar-refractivity contribution in [3.8, 4) is 0 Å². The van der Waals surface area contributed by atoms with Crippen LogP contribution in [0.2, 0.25) is 0 Å². The lowest BCUT2D eigenvalue weighted by Crippen LogP contribution is -2.18. The molecule has 0 spiro atoms. The van der Waals surface area contributed by atoms with Crippen LogP contribution in [0.4, 0.5) is 0 Å². The minimum atomic E-state index is -3.33. The van der Waals surface area contributed by atoms with Crippen LogP contribution in [0.25, 0.3) is 0 Å². The molecule has 6 heteroatoms. The molecular weight excluding hydrogens is 182 g/mol. The quantitative estimate of drug-likeness (QED) is 0.549. The standard InChI is InChI=1S/C6H15NO4S/c1-10-4-5-11-3-2-6-12(7,8)9/h2-6H2,1H3,(H2,7,8,9). The second-order valence-electron chi connectivity index (χ2n) is 2.33. The van der Waals surface area contributed by atoms with E-state index in [-0.39, 0.29) is 5.75 Å². The molecule has 0 rings (SSSR count). The lowest BCUT2D eigenvalue weighted by Gasteiger charge is -2.01. The zero-order chi connectivity index (χ0) is 9.45. The third-order valence-corrected chi connectivity index (χ3v) is 2.01. The van der Waals surface area contributed by atoms with Gasteiger partial charge in [-0.25, -0.2) is 13.6 Å². The number of sulfonamides is 1. The molecule has 0 bridgehead atoms. The molecule has 0 aliphatic rings. The average Bonchev–Trinajstić information content (AvgIpc) is 1.94. The van der Waals surface area contributed by atoms with E-state index in [1.165, 1.54) is 0 Å². The van der Waals surface area contributed by atoms with E-state index >= 15 is 0 Å². The molecule has 0 amide bonds. The summed E-state index contributed by atoms with van der Waals surface area (Å²) in [6.45, 7) is 1.41. The summed E-state index contributed by atoms with van der Waals surface area (Å²) in [6, 6.07) is 0. The molecule has 0 fully saturated rings. The Bertz CT molecular complexity index is 190. The Balaban J connectivity index is 3.12. The highest BCUT2D eigenvalue weighted by molar-refractivity contribution is 7.89. The number of methoxy groups -OCH3 is 1. The molecule has 0 aromatic carbocycles. The lowest BCUT2D eigenvalue weighted by atomic mass is 10.5. The van der Waals surface area contributed by atoms with E-state index in [0.29, 0.717) is 26.2 Å². The van der Waals surface area contributed by atoms with Crippen molar-refractivity contribution in [1.29, 1.82) is 0 Å². The largest absolute Gasteiger partial charge is 0.382 e. The molecule has 0 aliphatic heterocycles. The molecule has 5 nitrogen and oxygen atoms in total. The normalized spacial score (nSPS) is 11.8. The molecule has 12 heavy (non-hydrogen) atoms. The highest BCUT2D eigenvalue weighted by Crippen LogP contribution is 1.87. The van der Waals surface area contributed by atoms with Gasteiger partial charge in [0.2, 0.25) is 10.0 Å². The van der Waals surface area contributed by atoms with Gasteiger partial charge >= 0.3 is 0 Å². The number of primary sulfonamides is 1. The van der Waals surface area contributed by atoms with Crippen molar-refractivity contribution in [2.24, 2.45) is 5.14 Å². The molecule has 0 saturated carbocycles. The summed E-state index contributed by atoms with van der Waals surface area (Å²) in [5.41, 5.74) is 0. The molecule has 0 aliphatic carbocycles. The van der Waals surface area contributed by atoms with Gasteiger partial charge in [-0.3, -0.25) is 0 Å². The molecule has 2 N–H and O–H groups in total. The highest BCUT2D eigenvalue weighted by atomic mass is 32.2. The predicted molar refractivity (Wildman–Crippen MR) is 45.3 cm³/mol. The van der Waals surface area contributed by atoms with Gasteiger partial charge in [-0.1, -0.05) is 0 Å². The fraction of sp³-hybridized carbons (Fsp3) is 1.00. The van der Waals surface area contributed by atoms with E-state index < -0.39 is 10.0 Å². The van der Waals surface area contributed by atoms with Gasteiger partial charge in [0, 0.05) is 13.7 Å². The zero-order valence-electron chi connectivity index (χ0n) is 7.15. The van der Waals surface area contributed by atoms with Crippen molar-refractivity contribution in [3.05, 3.63) is 0 Å². The van der Waals surface area contributed by atoms with Gasteiger partial charge in [0.05, 0.1) is 19.0 Å². The highest BCUT2D eigenvalue weighted by Gasteiger charge is 2.00. The molecule has 0 unspecified atom stereocenters. The minimum Gasteiger partial charge on any atom is -0.382 e. The van der Waals surface area contributed by atoms with Crippen LogP contribution in [0.15, 0.2) is 0 Å². The minimum absolute atomic E-state index is 0.0278. The van der Waals surface area contributed by atoms with E-state index in [4.69, 9.17) is 14.6 Å². The van der Waals surface area contributed by atoms with Crippen LogP contribution in [0, 0.1) is 0 Å². The van der Waals surface area contributed by atoms with E-state index in [1.54, 1.807) is 7.11 Å². The topological polar surface area (TPSA) is 78.6 Å². The Labute approximate surface area is 72.9 Å². The first-order valence-corrected chi connectivity index (χ1v) is 5.35. The molecule has 0 aromatic heterocycles.